The zero-order valence-corrected chi connectivity index (χ0v) is 10.9. The van der Waals surface area contributed by atoms with Crippen molar-refractivity contribution in [1.29, 1.82) is 0 Å². The molecule has 0 atom stereocenters. The van der Waals surface area contributed by atoms with E-state index in [4.69, 9.17) is 5.73 Å². The van der Waals surface area contributed by atoms with E-state index in [0.717, 1.165) is 17.0 Å². The van der Waals surface area contributed by atoms with Gasteiger partial charge in [0.05, 0.1) is 10.5 Å². The number of hydrogen-bond donors (Lipinski definition) is 2. The maximum atomic E-state index is 13.4. The van der Waals surface area contributed by atoms with Crippen molar-refractivity contribution in [1.82, 2.24) is 0 Å². The van der Waals surface area contributed by atoms with Gasteiger partial charge in [0.15, 0.2) is 0 Å². The van der Waals surface area contributed by atoms with Crippen LogP contribution in [-0.2, 0) is 6.54 Å². The fourth-order valence-electron chi connectivity index (χ4n) is 1.56. The van der Waals surface area contributed by atoms with Crippen LogP contribution in [0.4, 0.5) is 15.8 Å². The topological polar surface area (TPSA) is 98.3 Å². The molecular formula is C12H10FN3O3S. The first-order valence-corrected chi connectivity index (χ1v) is 6.40. The lowest BCUT2D eigenvalue weighted by Crippen LogP contribution is -2.09. The molecule has 3 N–H and O–H groups in total. The Balaban J connectivity index is 2.05. The molecule has 0 unspecified atom stereocenters. The smallest absolute Gasteiger partial charge is 0.304 e. The monoisotopic (exact) mass is 295 g/mol. The number of nitro groups is 1. The van der Waals surface area contributed by atoms with Gasteiger partial charge in [-0.25, -0.2) is 0 Å². The number of nitrogens with zero attached hydrogens (tertiary/aromatic N) is 1. The molecule has 1 amide bonds. The lowest BCUT2D eigenvalue weighted by atomic mass is 10.2. The molecule has 2 rings (SSSR count). The first kappa shape index (κ1) is 13.9. The maximum absolute atomic E-state index is 13.4. The minimum Gasteiger partial charge on any atom is -0.380 e. The van der Waals surface area contributed by atoms with Crippen LogP contribution in [0.1, 0.15) is 15.2 Å². The number of nitrogens with two attached hydrogens (primary N) is 1. The number of anilines is 1. The summed E-state index contributed by atoms with van der Waals surface area (Å²) in [5.74, 6) is -1.40. The van der Waals surface area contributed by atoms with E-state index in [-0.39, 0.29) is 0 Å². The number of benzene rings is 1. The largest absolute Gasteiger partial charge is 0.380 e. The fraction of sp³-hybridized carbons (Fsp3) is 0.0833. The van der Waals surface area contributed by atoms with Gasteiger partial charge in [-0.15, -0.1) is 11.3 Å². The lowest BCUT2D eigenvalue weighted by molar-refractivity contribution is -0.387. The van der Waals surface area contributed by atoms with Gasteiger partial charge in [-0.05, 0) is 12.1 Å². The summed E-state index contributed by atoms with van der Waals surface area (Å²) in [5.41, 5.74) is 5.40. The van der Waals surface area contributed by atoms with E-state index in [2.05, 4.69) is 5.32 Å². The van der Waals surface area contributed by atoms with Gasteiger partial charge in [0.25, 0.3) is 0 Å². The molecule has 2 aromatic rings. The third-order valence-corrected chi connectivity index (χ3v) is 3.49. The van der Waals surface area contributed by atoms with Gasteiger partial charge in [0.1, 0.15) is 0 Å². The summed E-state index contributed by atoms with van der Waals surface area (Å²) in [6.07, 6.45) is 0. The average Bonchev–Trinajstić information content (AvgIpc) is 2.85. The first-order valence-electron chi connectivity index (χ1n) is 5.52. The third-order valence-electron chi connectivity index (χ3n) is 2.55. The van der Waals surface area contributed by atoms with Gasteiger partial charge >= 0.3 is 5.69 Å². The number of nitro benzene ring substituents is 1. The standard InChI is InChI=1S/C12H10FN3O3S/c13-10-4-8(1-2-11(10)16(18)19)15-5-9-3-7(6-20-9)12(14)17/h1-4,6,15H,5H2,(H2,14,17). The Morgan fingerprint density at radius 1 is 1.45 bits per heavy atom. The first-order chi connectivity index (χ1) is 9.47. The summed E-state index contributed by atoms with van der Waals surface area (Å²) in [5, 5.41) is 15.0. The van der Waals surface area contributed by atoms with Crippen molar-refractivity contribution in [3.05, 3.63) is 56.0 Å². The number of thiophene rings is 1. The molecular weight excluding hydrogens is 285 g/mol. The number of carbonyl (C=O) groups is 1. The molecule has 0 bridgehead atoms. The van der Waals surface area contributed by atoms with Crippen molar-refractivity contribution in [3.8, 4) is 0 Å². The van der Waals surface area contributed by atoms with Gasteiger partial charge in [0.2, 0.25) is 11.7 Å². The molecule has 0 saturated heterocycles. The minimum atomic E-state index is -0.899. The highest BCUT2D eigenvalue weighted by Crippen LogP contribution is 2.22. The summed E-state index contributed by atoms with van der Waals surface area (Å²) in [7, 11) is 0. The summed E-state index contributed by atoms with van der Waals surface area (Å²) in [6.45, 7) is 0.370. The van der Waals surface area contributed by atoms with E-state index in [1.54, 1.807) is 11.4 Å². The maximum Gasteiger partial charge on any atom is 0.304 e. The second-order valence-corrected chi connectivity index (χ2v) is 4.94. The van der Waals surface area contributed by atoms with Gasteiger partial charge < -0.3 is 11.1 Å². The predicted octanol–water partition coefficient (Wildman–Crippen LogP) is 2.51. The normalized spacial score (nSPS) is 10.2. The van der Waals surface area contributed by atoms with Crippen LogP contribution in [0, 0.1) is 15.9 Å². The predicted molar refractivity (Wildman–Crippen MR) is 73.2 cm³/mol. The van der Waals surface area contributed by atoms with E-state index >= 15 is 0 Å². The Hall–Kier alpha value is -2.48. The van der Waals surface area contributed by atoms with Gasteiger partial charge in [-0.2, -0.15) is 4.39 Å². The molecule has 0 radical (unpaired) electrons. The molecule has 0 aliphatic rings. The van der Waals surface area contributed by atoms with Crippen molar-refractivity contribution in [2.24, 2.45) is 5.73 Å². The lowest BCUT2D eigenvalue weighted by Gasteiger charge is -2.04. The quantitative estimate of drug-likeness (QED) is 0.654. The third kappa shape index (κ3) is 3.09. The second kappa shape index (κ2) is 5.66. The Labute approximate surface area is 117 Å². The van der Waals surface area contributed by atoms with E-state index in [9.17, 15) is 19.3 Å². The van der Waals surface area contributed by atoms with E-state index < -0.39 is 22.3 Å². The zero-order valence-electron chi connectivity index (χ0n) is 10.1. The fourth-order valence-corrected chi connectivity index (χ4v) is 2.37. The highest BCUT2D eigenvalue weighted by atomic mass is 32.1. The Bertz CT molecular complexity index is 672. The number of primary amides is 1. The summed E-state index contributed by atoms with van der Waals surface area (Å²) >= 11 is 1.34. The number of halogens is 1. The van der Waals surface area contributed by atoms with Crippen LogP contribution in [0.25, 0.3) is 0 Å². The second-order valence-electron chi connectivity index (χ2n) is 3.94. The van der Waals surface area contributed by atoms with Crippen molar-refractivity contribution < 1.29 is 14.1 Å². The molecule has 1 aromatic heterocycles. The summed E-state index contributed by atoms with van der Waals surface area (Å²) in [4.78, 5) is 21.5. The number of nitrogens with one attached hydrogen (secondary N) is 1. The number of rotatable bonds is 5. The van der Waals surface area contributed by atoms with Crippen LogP contribution in [0.5, 0.6) is 0 Å². The van der Waals surface area contributed by atoms with Crippen molar-refractivity contribution in [2.75, 3.05) is 5.32 Å². The molecule has 0 fully saturated rings. The molecule has 0 spiro atoms. The van der Waals surface area contributed by atoms with Crippen LogP contribution in [-0.4, -0.2) is 10.8 Å². The molecule has 8 heteroatoms. The van der Waals surface area contributed by atoms with Crippen LogP contribution in [0.15, 0.2) is 29.6 Å². The highest BCUT2D eigenvalue weighted by Gasteiger charge is 2.13. The SMILES string of the molecule is NC(=O)c1csc(CNc2ccc([N+](=O)[O-])c(F)c2)c1. The van der Waals surface area contributed by atoms with Crippen molar-refractivity contribution >= 4 is 28.6 Å². The van der Waals surface area contributed by atoms with Crippen LogP contribution >= 0.6 is 11.3 Å². The van der Waals surface area contributed by atoms with Crippen molar-refractivity contribution in [2.45, 2.75) is 6.54 Å². The van der Waals surface area contributed by atoms with E-state index in [1.165, 1.54) is 17.4 Å². The highest BCUT2D eigenvalue weighted by molar-refractivity contribution is 7.10. The molecule has 104 valence electrons. The van der Waals surface area contributed by atoms with Crippen LogP contribution in [0.2, 0.25) is 0 Å². The molecule has 0 aliphatic heterocycles. The number of carbonyl (C=O) groups excluding carboxylic acids is 1. The molecule has 6 nitrogen and oxygen atoms in total. The van der Waals surface area contributed by atoms with Crippen LogP contribution in [0.3, 0.4) is 0 Å². The number of amides is 1. The molecule has 1 heterocycles. The van der Waals surface area contributed by atoms with Crippen molar-refractivity contribution in [3.63, 3.8) is 0 Å². The minimum absolute atomic E-state index is 0.370. The molecule has 0 aliphatic carbocycles. The Morgan fingerprint density at radius 2 is 2.20 bits per heavy atom. The summed E-state index contributed by atoms with van der Waals surface area (Å²) < 4.78 is 13.4. The Morgan fingerprint density at radius 3 is 2.75 bits per heavy atom. The molecule has 20 heavy (non-hydrogen) atoms. The van der Waals surface area contributed by atoms with Gasteiger partial charge in [-0.1, -0.05) is 0 Å². The van der Waals surface area contributed by atoms with Gasteiger partial charge in [-0.3, -0.25) is 14.9 Å². The van der Waals surface area contributed by atoms with Gasteiger partial charge in [0, 0.05) is 34.6 Å². The van der Waals surface area contributed by atoms with Crippen LogP contribution < -0.4 is 11.1 Å². The number of hydrogen-bond acceptors (Lipinski definition) is 5. The Kier molecular flexibility index (Phi) is 3.94. The summed E-state index contributed by atoms with van der Waals surface area (Å²) in [6, 6.07) is 5.22. The van der Waals surface area contributed by atoms with E-state index in [0.29, 0.717) is 17.8 Å². The molecule has 1 aromatic carbocycles. The average molecular weight is 295 g/mol. The zero-order chi connectivity index (χ0) is 14.7. The van der Waals surface area contributed by atoms with E-state index in [1.807, 2.05) is 0 Å². The molecule has 0 saturated carbocycles.